The van der Waals surface area contributed by atoms with Gasteiger partial charge < -0.3 is 10.6 Å². The lowest BCUT2D eigenvalue weighted by Gasteiger charge is -2.15. The highest BCUT2D eigenvalue weighted by molar-refractivity contribution is 7.90. The van der Waals surface area contributed by atoms with Gasteiger partial charge in [0.2, 0.25) is 0 Å². The molecule has 0 spiro atoms. The predicted molar refractivity (Wildman–Crippen MR) is 94.5 cm³/mol. The molecule has 2 rings (SSSR count). The third kappa shape index (κ3) is 5.09. The predicted octanol–water partition coefficient (Wildman–Crippen LogP) is 2.96. The van der Waals surface area contributed by atoms with Crippen LogP contribution in [0.5, 0.6) is 0 Å². The Labute approximate surface area is 143 Å². The molecule has 128 valence electrons. The van der Waals surface area contributed by atoms with Crippen LogP contribution in [0.25, 0.3) is 0 Å². The van der Waals surface area contributed by atoms with E-state index in [1.165, 1.54) is 6.26 Å². The molecule has 0 aliphatic carbocycles. The highest BCUT2D eigenvalue weighted by atomic mass is 32.2. The van der Waals surface area contributed by atoms with E-state index in [-0.39, 0.29) is 17.0 Å². The van der Waals surface area contributed by atoms with E-state index in [0.717, 1.165) is 16.7 Å². The van der Waals surface area contributed by atoms with Gasteiger partial charge in [0, 0.05) is 12.8 Å². The molecule has 0 aromatic heterocycles. The Kier molecular flexibility index (Phi) is 5.62. The molecular weight excluding hydrogens is 324 g/mol. The Morgan fingerprint density at radius 2 is 1.79 bits per heavy atom. The van der Waals surface area contributed by atoms with Crippen molar-refractivity contribution in [1.29, 1.82) is 0 Å². The molecule has 0 aliphatic heterocycles. The SMILES string of the molecule is Cc1cccc(CNC(=O)NC(C)c2ccc(S(C)(=O)=O)cc2)c1. The number of aryl methyl sites for hydroxylation is 1. The fraction of sp³-hybridized carbons (Fsp3) is 0.278. The van der Waals surface area contributed by atoms with Crippen LogP contribution >= 0.6 is 0 Å². The Morgan fingerprint density at radius 1 is 1.12 bits per heavy atom. The van der Waals surface area contributed by atoms with E-state index in [9.17, 15) is 13.2 Å². The molecule has 0 radical (unpaired) electrons. The zero-order valence-electron chi connectivity index (χ0n) is 14.0. The maximum Gasteiger partial charge on any atom is 0.315 e. The largest absolute Gasteiger partial charge is 0.334 e. The number of benzene rings is 2. The normalized spacial score (nSPS) is 12.5. The van der Waals surface area contributed by atoms with Crippen molar-refractivity contribution in [2.75, 3.05) is 6.26 Å². The maximum absolute atomic E-state index is 12.0. The Hall–Kier alpha value is -2.34. The number of rotatable bonds is 5. The molecule has 5 nitrogen and oxygen atoms in total. The van der Waals surface area contributed by atoms with Crippen molar-refractivity contribution in [3.8, 4) is 0 Å². The van der Waals surface area contributed by atoms with Crippen molar-refractivity contribution in [2.24, 2.45) is 0 Å². The summed E-state index contributed by atoms with van der Waals surface area (Å²) in [6, 6.07) is 14.0. The quantitative estimate of drug-likeness (QED) is 0.874. The van der Waals surface area contributed by atoms with E-state index >= 15 is 0 Å². The lowest BCUT2D eigenvalue weighted by molar-refractivity contribution is 0.237. The van der Waals surface area contributed by atoms with Crippen molar-refractivity contribution < 1.29 is 13.2 Å². The van der Waals surface area contributed by atoms with Crippen LogP contribution in [0, 0.1) is 6.92 Å². The average molecular weight is 346 g/mol. The molecule has 0 aliphatic rings. The van der Waals surface area contributed by atoms with Crippen molar-refractivity contribution in [3.63, 3.8) is 0 Å². The van der Waals surface area contributed by atoms with Crippen molar-refractivity contribution >= 4 is 15.9 Å². The first kappa shape index (κ1) is 18.0. The first-order valence-corrected chi connectivity index (χ1v) is 9.55. The number of hydrogen-bond acceptors (Lipinski definition) is 3. The molecular formula is C18H22N2O3S. The fourth-order valence-electron chi connectivity index (χ4n) is 2.34. The van der Waals surface area contributed by atoms with Gasteiger partial charge in [0.05, 0.1) is 10.9 Å². The van der Waals surface area contributed by atoms with Crippen LogP contribution in [0.2, 0.25) is 0 Å². The van der Waals surface area contributed by atoms with Gasteiger partial charge in [-0.05, 0) is 37.1 Å². The second-order valence-electron chi connectivity index (χ2n) is 5.88. The second kappa shape index (κ2) is 7.49. The third-order valence-electron chi connectivity index (χ3n) is 3.69. The summed E-state index contributed by atoms with van der Waals surface area (Å²) >= 11 is 0. The van der Waals surface area contributed by atoms with Crippen LogP contribution in [0.4, 0.5) is 4.79 Å². The second-order valence-corrected chi connectivity index (χ2v) is 7.89. The molecule has 0 bridgehead atoms. The number of amides is 2. The van der Waals surface area contributed by atoms with E-state index in [1.807, 2.05) is 38.1 Å². The Morgan fingerprint density at radius 3 is 2.38 bits per heavy atom. The minimum atomic E-state index is -3.21. The molecule has 2 aromatic carbocycles. The van der Waals surface area contributed by atoms with Gasteiger partial charge in [0.15, 0.2) is 9.84 Å². The van der Waals surface area contributed by atoms with Crippen LogP contribution in [-0.4, -0.2) is 20.7 Å². The topological polar surface area (TPSA) is 75.3 Å². The molecule has 1 atom stereocenters. The van der Waals surface area contributed by atoms with Gasteiger partial charge in [-0.15, -0.1) is 0 Å². The third-order valence-corrected chi connectivity index (χ3v) is 4.82. The minimum Gasteiger partial charge on any atom is -0.334 e. The molecule has 6 heteroatoms. The molecule has 1 unspecified atom stereocenters. The first-order chi connectivity index (χ1) is 11.3. The van der Waals surface area contributed by atoms with E-state index in [4.69, 9.17) is 0 Å². The molecule has 0 saturated heterocycles. The molecule has 2 N–H and O–H groups in total. The van der Waals surface area contributed by atoms with E-state index in [2.05, 4.69) is 10.6 Å². The summed E-state index contributed by atoms with van der Waals surface area (Å²) in [5.41, 5.74) is 3.03. The monoisotopic (exact) mass is 346 g/mol. The number of carbonyl (C=O) groups is 1. The standard InChI is InChI=1S/C18H22N2O3S/c1-13-5-4-6-15(11-13)12-19-18(21)20-14(2)16-7-9-17(10-8-16)24(3,22)23/h4-11,14H,12H2,1-3H3,(H2,19,20,21). The lowest BCUT2D eigenvalue weighted by atomic mass is 10.1. The summed E-state index contributed by atoms with van der Waals surface area (Å²) in [6.07, 6.45) is 1.17. The fourth-order valence-corrected chi connectivity index (χ4v) is 2.97. The molecule has 0 heterocycles. The zero-order chi connectivity index (χ0) is 17.7. The number of nitrogens with one attached hydrogen (secondary N) is 2. The van der Waals surface area contributed by atoms with Crippen LogP contribution < -0.4 is 10.6 Å². The van der Waals surface area contributed by atoms with Crippen molar-refractivity contribution in [3.05, 3.63) is 65.2 Å². The number of carbonyl (C=O) groups excluding carboxylic acids is 1. The smallest absolute Gasteiger partial charge is 0.315 e. The summed E-state index contributed by atoms with van der Waals surface area (Å²) in [5.74, 6) is 0. The Balaban J connectivity index is 1.91. The Bertz CT molecular complexity index is 814. The minimum absolute atomic E-state index is 0.226. The number of hydrogen-bond donors (Lipinski definition) is 2. The van der Waals surface area contributed by atoms with Crippen LogP contribution in [0.3, 0.4) is 0 Å². The average Bonchev–Trinajstić information content (AvgIpc) is 2.52. The summed E-state index contributed by atoms with van der Waals surface area (Å²) in [6.45, 7) is 4.31. The lowest BCUT2D eigenvalue weighted by Crippen LogP contribution is -2.36. The highest BCUT2D eigenvalue weighted by Gasteiger charge is 2.11. The first-order valence-electron chi connectivity index (χ1n) is 7.65. The number of sulfone groups is 1. The van der Waals surface area contributed by atoms with Gasteiger partial charge >= 0.3 is 6.03 Å². The number of urea groups is 1. The highest BCUT2D eigenvalue weighted by Crippen LogP contribution is 2.16. The van der Waals surface area contributed by atoms with E-state index in [0.29, 0.717) is 6.54 Å². The van der Waals surface area contributed by atoms with Gasteiger partial charge in [0.1, 0.15) is 0 Å². The summed E-state index contributed by atoms with van der Waals surface area (Å²) < 4.78 is 22.9. The maximum atomic E-state index is 12.0. The zero-order valence-corrected chi connectivity index (χ0v) is 14.9. The van der Waals surface area contributed by atoms with Gasteiger partial charge in [0.25, 0.3) is 0 Å². The van der Waals surface area contributed by atoms with Crippen LogP contribution in [-0.2, 0) is 16.4 Å². The van der Waals surface area contributed by atoms with Crippen LogP contribution in [0.1, 0.15) is 29.7 Å². The molecule has 0 fully saturated rings. The summed E-state index contributed by atoms with van der Waals surface area (Å²) in [5, 5.41) is 5.66. The molecule has 2 aromatic rings. The summed E-state index contributed by atoms with van der Waals surface area (Å²) in [7, 11) is -3.21. The van der Waals surface area contributed by atoms with Crippen molar-refractivity contribution in [1.82, 2.24) is 10.6 Å². The van der Waals surface area contributed by atoms with Gasteiger partial charge in [-0.1, -0.05) is 42.0 Å². The van der Waals surface area contributed by atoms with E-state index in [1.54, 1.807) is 24.3 Å². The molecule has 0 saturated carbocycles. The van der Waals surface area contributed by atoms with E-state index < -0.39 is 9.84 Å². The van der Waals surface area contributed by atoms with Crippen molar-refractivity contribution in [2.45, 2.75) is 31.3 Å². The van der Waals surface area contributed by atoms with Gasteiger partial charge in [-0.3, -0.25) is 0 Å². The molecule has 2 amide bonds. The van der Waals surface area contributed by atoms with Gasteiger partial charge in [-0.25, -0.2) is 13.2 Å². The molecule has 24 heavy (non-hydrogen) atoms. The van der Waals surface area contributed by atoms with Gasteiger partial charge in [-0.2, -0.15) is 0 Å². The van der Waals surface area contributed by atoms with Crippen LogP contribution in [0.15, 0.2) is 53.4 Å². The summed E-state index contributed by atoms with van der Waals surface area (Å²) in [4.78, 5) is 12.3.